The number of pyridine rings is 1. The molecule has 3 nitrogen and oxygen atoms in total. The normalized spacial score (nSPS) is 24.3. The molecule has 0 spiro atoms. The number of anilines is 1. The molecule has 18 heavy (non-hydrogen) atoms. The molecule has 100 valence electrons. The maximum Gasteiger partial charge on any atom is 0.143 e. The van der Waals surface area contributed by atoms with E-state index in [4.69, 9.17) is 17.3 Å². The van der Waals surface area contributed by atoms with Crippen LogP contribution in [-0.4, -0.2) is 24.1 Å². The number of aromatic nitrogens is 1. The lowest BCUT2D eigenvalue weighted by atomic mass is 9.89. The molecule has 5 heteroatoms. The van der Waals surface area contributed by atoms with E-state index in [1.807, 2.05) is 6.07 Å². The molecule has 1 aliphatic heterocycles. The van der Waals surface area contributed by atoms with Crippen molar-refractivity contribution in [1.82, 2.24) is 4.98 Å². The van der Waals surface area contributed by atoms with Gasteiger partial charge in [-0.15, -0.1) is 0 Å². The molecular weight excluding hydrogens is 314 g/mol. The smallest absolute Gasteiger partial charge is 0.143 e. The van der Waals surface area contributed by atoms with Crippen molar-refractivity contribution in [2.24, 2.45) is 11.7 Å². The van der Waals surface area contributed by atoms with Gasteiger partial charge in [-0.1, -0.05) is 24.9 Å². The molecule has 2 atom stereocenters. The molecule has 2 rings (SSSR count). The van der Waals surface area contributed by atoms with Crippen LogP contribution in [0.5, 0.6) is 0 Å². The number of nitrogens with two attached hydrogens (primary N) is 1. The number of hydrogen-bond donors (Lipinski definition) is 1. The summed E-state index contributed by atoms with van der Waals surface area (Å²) in [5.41, 5.74) is 5.92. The van der Waals surface area contributed by atoms with Crippen LogP contribution >= 0.6 is 27.5 Å². The molecule has 0 aliphatic carbocycles. The largest absolute Gasteiger partial charge is 0.351 e. The number of hydrogen-bond acceptors (Lipinski definition) is 3. The van der Waals surface area contributed by atoms with E-state index in [2.05, 4.69) is 32.7 Å². The molecule has 1 aromatic heterocycles. The SMILES string of the molecule is CCC1CCN(c2ncc(Cl)cc2Br)C(CN)C1. The zero-order valence-electron chi connectivity index (χ0n) is 10.6. The van der Waals surface area contributed by atoms with Crippen molar-refractivity contribution in [3.8, 4) is 0 Å². The van der Waals surface area contributed by atoms with Crippen LogP contribution in [-0.2, 0) is 0 Å². The highest BCUT2D eigenvalue weighted by Crippen LogP contribution is 2.33. The maximum atomic E-state index is 5.94. The minimum absolute atomic E-state index is 0.383. The van der Waals surface area contributed by atoms with Gasteiger partial charge in [-0.2, -0.15) is 0 Å². The van der Waals surface area contributed by atoms with Crippen molar-refractivity contribution < 1.29 is 0 Å². The Hall–Kier alpha value is -0.320. The van der Waals surface area contributed by atoms with Crippen LogP contribution in [0.4, 0.5) is 5.82 Å². The second-order valence-electron chi connectivity index (χ2n) is 4.84. The van der Waals surface area contributed by atoms with E-state index in [9.17, 15) is 0 Å². The van der Waals surface area contributed by atoms with E-state index in [0.29, 0.717) is 17.6 Å². The van der Waals surface area contributed by atoms with Crippen molar-refractivity contribution in [2.75, 3.05) is 18.0 Å². The number of piperidine rings is 1. The summed E-state index contributed by atoms with van der Waals surface area (Å²) < 4.78 is 0.948. The van der Waals surface area contributed by atoms with Crippen molar-refractivity contribution in [3.05, 3.63) is 21.8 Å². The van der Waals surface area contributed by atoms with Gasteiger partial charge in [0, 0.05) is 25.3 Å². The first-order valence-electron chi connectivity index (χ1n) is 6.43. The second kappa shape index (κ2) is 6.22. The van der Waals surface area contributed by atoms with Crippen LogP contribution in [0.1, 0.15) is 26.2 Å². The van der Waals surface area contributed by atoms with E-state index in [1.54, 1.807) is 6.20 Å². The molecule has 1 fully saturated rings. The predicted octanol–water partition coefficient (Wildman–Crippen LogP) is 3.45. The average molecular weight is 333 g/mol. The summed E-state index contributed by atoms with van der Waals surface area (Å²) in [4.78, 5) is 6.75. The van der Waals surface area contributed by atoms with Crippen LogP contribution < -0.4 is 10.6 Å². The highest BCUT2D eigenvalue weighted by atomic mass is 79.9. The third-order valence-corrected chi connectivity index (χ3v) is 4.52. The maximum absolute atomic E-state index is 5.94. The minimum atomic E-state index is 0.383. The summed E-state index contributed by atoms with van der Waals surface area (Å²) in [7, 11) is 0. The van der Waals surface area contributed by atoms with Crippen LogP contribution in [0.15, 0.2) is 16.7 Å². The Morgan fingerprint density at radius 1 is 1.61 bits per heavy atom. The Bertz CT molecular complexity index is 413. The summed E-state index contributed by atoms with van der Waals surface area (Å²) in [6, 6.07) is 2.28. The van der Waals surface area contributed by atoms with Gasteiger partial charge in [0.1, 0.15) is 5.82 Å². The molecule has 1 aromatic rings. The quantitative estimate of drug-likeness (QED) is 0.922. The number of nitrogens with zero attached hydrogens (tertiary/aromatic N) is 2. The molecule has 1 aliphatic rings. The highest BCUT2D eigenvalue weighted by Gasteiger charge is 2.28. The summed E-state index contributed by atoms with van der Waals surface area (Å²) in [5, 5.41) is 0.651. The van der Waals surface area contributed by atoms with Gasteiger partial charge in [-0.25, -0.2) is 4.98 Å². The molecular formula is C13H19BrClN3. The van der Waals surface area contributed by atoms with Crippen LogP contribution in [0.2, 0.25) is 5.02 Å². The lowest BCUT2D eigenvalue weighted by Crippen LogP contribution is -2.47. The van der Waals surface area contributed by atoms with Crippen LogP contribution in [0, 0.1) is 5.92 Å². The summed E-state index contributed by atoms with van der Waals surface area (Å²) in [5.74, 6) is 1.75. The van der Waals surface area contributed by atoms with Gasteiger partial charge in [0.25, 0.3) is 0 Å². The fraction of sp³-hybridized carbons (Fsp3) is 0.615. The molecule has 0 aromatic carbocycles. The van der Waals surface area contributed by atoms with E-state index in [0.717, 1.165) is 29.2 Å². The van der Waals surface area contributed by atoms with Crippen molar-refractivity contribution >= 4 is 33.3 Å². The molecule has 2 N–H and O–H groups in total. The van der Waals surface area contributed by atoms with Gasteiger partial charge in [0.15, 0.2) is 0 Å². The molecule has 2 unspecified atom stereocenters. The third kappa shape index (κ3) is 2.98. The van der Waals surface area contributed by atoms with Gasteiger partial charge in [0.2, 0.25) is 0 Å². The summed E-state index contributed by atoms with van der Waals surface area (Å²) in [6.07, 6.45) is 5.30. The second-order valence-corrected chi connectivity index (χ2v) is 6.13. The van der Waals surface area contributed by atoms with E-state index in [1.165, 1.54) is 12.8 Å². The van der Waals surface area contributed by atoms with Crippen LogP contribution in [0.25, 0.3) is 0 Å². The van der Waals surface area contributed by atoms with Crippen molar-refractivity contribution in [3.63, 3.8) is 0 Å². The molecule has 0 radical (unpaired) electrons. The molecule has 0 bridgehead atoms. The van der Waals surface area contributed by atoms with Crippen molar-refractivity contribution in [1.29, 1.82) is 0 Å². The van der Waals surface area contributed by atoms with Gasteiger partial charge in [0.05, 0.1) is 9.50 Å². The summed E-state index contributed by atoms with van der Waals surface area (Å²) in [6.45, 7) is 3.95. The van der Waals surface area contributed by atoms with Gasteiger partial charge in [-0.05, 0) is 40.8 Å². The third-order valence-electron chi connectivity index (χ3n) is 3.73. The van der Waals surface area contributed by atoms with Gasteiger partial charge < -0.3 is 10.6 Å². The zero-order chi connectivity index (χ0) is 13.1. The Morgan fingerprint density at radius 2 is 2.39 bits per heavy atom. The van der Waals surface area contributed by atoms with E-state index in [-0.39, 0.29) is 0 Å². The Labute approximate surface area is 122 Å². The Balaban J connectivity index is 2.21. The number of rotatable bonds is 3. The monoisotopic (exact) mass is 331 g/mol. The first kappa shape index (κ1) is 14.1. The average Bonchev–Trinajstić information content (AvgIpc) is 2.38. The van der Waals surface area contributed by atoms with E-state index >= 15 is 0 Å². The molecule has 0 saturated carbocycles. The summed E-state index contributed by atoms with van der Waals surface area (Å²) >= 11 is 9.48. The first-order valence-corrected chi connectivity index (χ1v) is 7.60. The highest BCUT2D eigenvalue weighted by molar-refractivity contribution is 9.10. The molecule has 0 amide bonds. The zero-order valence-corrected chi connectivity index (χ0v) is 12.9. The van der Waals surface area contributed by atoms with E-state index < -0.39 is 0 Å². The van der Waals surface area contributed by atoms with Gasteiger partial charge >= 0.3 is 0 Å². The standard InChI is InChI=1S/C13H19BrClN3/c1-2-9-3-4-18(11(5-9)7-16)13-12(14)6-10(15)8-17-13/h6,8-9,11H,2-5,7,16H2,1H3. The van der Waals surface area contributed by atoms with Crippen molar-refractivity contribution in [2.45, 2.75) is 32.2 Å². The lowest BCUT2D eigenvalue weighted by molar-refractivity contribution is 0.334. The fourth-order valence-corrected chi connectivity index (χ4v) is 3.49. The predicted molar refractivity (Wildman–Crippen MR) is 80.2 cm³/mol. The minimum Gasteiger partial charge on any atom is -0.351 e. The lowest BCUT2D eigenvalue weighted by Gasteiger charge is -2.40. The first-order chi connectivity index (χ1) is 8.65. The Kier molecular flexibility index (Phi) is 4.87. The molecule has 2 heterocycles. The fourth-order valence-electron chi connectivity index (χ4n) is 2.63. The van der Waals surface area contributed by atoms with Crippen LogP contribution in [0.3, 0.4) is 0 Å². The van der Waals surface area contributed by atoms with Gasteiger partial charge in [-0.3, -0.25) is 0 Å². The Morgan fingerprint density at radius 3 is 3.00 bits per heavy atom. The topological polar surface area (TPSA) is 42.2 Å². The number of halogens is 2. The molecule has 1 saturated heterocycles.